The van der Waals surface area contributed by atoms with Crippen molar-refractivity contribution in [2.75, 3.05) is 21.3 Å². The van der Waals surface area contributed by atoms with E-state index in [1.165, 1.54) is 21.3 Å². The summed E-state index contributed by atoms with van der Waals surface area (Å²) in [5, 5.41) is 8.28. The number of halogens is 1. The van der Waals surface area contributed by atoms with Crippen LogP contribution in [0.25, 0.3) is 27.5 Å². The molecule has 10 nitrogen and oxygen atoms in total. The molecule has 3 aromatic carbocycles. The molecule has 0 aliphatic rings. The van der Waals surface area contributed by atoms with E-state index in [2.05, 4.69) is 10.5 Å². The molecule has 1 amide bonds. The van der Waals surface area contributed by atoms with Crippen molar-refractivity contribution in [2.24, 2.45) is 0 Å². The van der Waals surface area contributed by atoms with E-state index in [0.29, 0.717) is 66.8 Å². The molecule has 0 radical (unpaired) electrons. The number of carbonyl (C=O) groups is 1. The largest absolute Gasteiger partial charge is 0.493 e. The fourth-order valence-corrected chi connectivity index (χ4v) is 4.87. The molecular weight excluding hydrogens is 538 g/mol. The average Bonchev–Trinajstić information content (AvgIpc) is 3.33. The van der Waals surface area contributed by atoms with E-state index in [0.717, 1.165) is 0 Å². The zero-order valence-corrected chi connectivity index (χ0v) is 23.2. The number of aryl methyl sites for hydroxylation is 1. The van der Waals surface area contributed by atoms with Crippen molar-refractivity contribution in [3.63, 3.8) is 0 Å². The van der Waals surface area contributed by atoms with Crippen LogP contribution in [-0.4, -0.2) is 43.2 Å². The number of pyridine rings is 1. The number of methoxy groups -OCH3 is 3. The highest BCUT2D eigenvalue weighted by Gasteiger charge is 2.21. The molecular formula is C29H26ClN3O7. The molecule has 2 heterocycles. The number of hydrogen-bond donors (Lipinski definition) is 1. The van der Waals surface area contributed by atoms with Crippen LogP contribution >= 0.6 is 11.6 Å². The summed E-state index contributed by atoms with van der Waals surface area (Å²) in [6, 6.07) is 15.4. The Morgan fingerprint density at radius 1 is 1.00 bits per heavy atom. The molecule has 11 heteroatoms. The number of hydrogen-bond acceptors (Lipinski definition) is 8. The number of aromatic nitrogens is 2. The van der Waals surface area contributed by atoms with Gasteiger partial charge in [0.1, 0.15) is 22.4 Å². The SMILES string of the molecule is COc1cc(C(=O)NC(C)Oc2cccc(-n3c(=O)c4c(C)onc4c4c(Cl)cccc43)c2)cc(OC)c1OC. The molecule has 5 aromatic rings. The number of fused-ring (bicyclic) bond motifs is 3. The third-order valence-electron chi connectivity index (χ3n) is 6.40. The summed E-state index contributed by atoms with van der Waals surface area (Å²) in [7, 11) is 4.44. The van der Waals surface area contributed by atoms with E-state index in [-0.39, 0.29) is 5.56 Å². The first-order valence-electron chi connectivity index (χ1n) is 12.2. The molecule has 0 aliphatic carbocycles. The Kier molecular flexibility index (Phi) is 7.27. The third-order valence-corrected chi connectivity index (χ3v) is 6.71. The lowest BCUT2D eigenvalue weighted by Crippen LogP contribution is -2.36. The molecule has 0 spiro atoms. The molecule has 0 bridgehead atoms. The summed E-state index contributed by atoms with van der Waals surface area (Å²) in [4.78, 5) is 26.6. The molecule has 1 N–H and O–H groups in total. The van der Waals surface area contributed by atoms with Gasteiger partial charge < -0.3 is 28.8 Å². The predicted octanol–water partition coefficient (Wildman–Crippen LogP) is 5.27. The van der Waals surface area contributed by atoms with Crippen molar-refractivity contribution < 1.29 is 28.3 Å². The van der Waals surface area contributed by atoms with Crippen LogP contribution < -0.4 is 29.8 Å². The highest BCUT2D eigenvalue weighted by atomic mass is 35.5. The summed E-state index contributed by atoms with van der Waals surface area (Å²) in [5.41, 5.74) is 1.52. The van der Waals surface area contributed by atoms with Crippen LogP contribution in [0.2, 0.25) is 5.02 Å². The summed E-state index contributed by atoms with van der Waals surface area (Å²) < 4.78 is 28.9. The first kappa shape index (κ1) is 26.9. The van der Waals surface area contributed by atoms with Gasteiger partial charge in [-0.3, -0.25) is 14.2 Å². The number of carbonyl (C=O) groups excluding carboxylic acids is 1. The topological polar surface area (TPSA) is 114 Å². The molecule has 0 saturated heterocycles. The highest BCUT2D eigenvalue weighted by molar-refractivity contribution is 6.37. The van der Waals surface area contributed by atoms with E-state index >= 15 is 0 Å². The van der Waals surface area contributed by atoms with Crippen LogP contribution in [0.5, 0.6) is 23.0 Å². The Morgan fingerprint density at radius 3 is 2.38 bits per heavy atom. The maximum atomic E-state index is 13.6. The van der Waals surface area contributed by atoms with Crippen LogP contribution in [0.15, 0.2) is 63.9 Å². The summed E-state index contributed by atoms with van der Waals surface area (Å²) in [5.74, 6) is 1.50. The maximum Gasteiger partial charge on any atom is 0.268 e. The summed E-state index contributed by atoms with van der Waals surface area (Å²) in [6.45, 7) is 3.37. The van der Waals surface area contributed by atoms with Gasteiger partial charge in [-0.2, -0.15) is 0 Å². The molecule has 0 fully saturated rings. The molecule has 2 aromatic heterocycles. The molecule has 1 unspecified atom stereocenters. The van der Waals surface area contributed by atoms with Crippen LogP contribution in [0.3, 0.4) is 0 Å². The Bertz CT molecular complexity index is 1790. The number of nitrogens with zero attached hydrogens (tertiary/aromatic N) is 2. The minimum absolute atomic E-state index is 0.297. The lowest BCUT2D eigenvalue weighted by Gasteiger charge is -2.19. The van der Waals surface area contributed by atoms with Crippen LogP contribution in [0, 0.1) is 6.92 Å². The van der Waals surface area contributed by atoms with Crippen LogP contribution in [0.1, 0.15) is 23.0 Å². The Hall–Kier alpha value is -4.70. The molecule has 206 valence electrons. The van der Waals surface area contributed by atoms with Gasteiger partial charge in [0.05, 0.1) is 37.6 Å². The monoisotopic (exact) mass is 563 g/mol. The lowest BCUT2D eigenvalue weighted by atomic mass is 10.1. The summed E-state index contributed by atoms with van der Waals surface area (Å²) >= 11 is 6.53. The molecule has 5 rings (SSSR count). The van der Waals surface area contributed by atoms with Crippen LogP contribution in [-0.2, 0) is 0 Å². The molecule has 0 saturated carbocycles. The Labute approximate surface area is 233 Å². The third kappa shape index (κ3) is 4.66. The van der Waals surface area contributed by atoms with Crippen molar-refractivity contribution in [2.45, 2.75) is 20.1 Å². The van der Waals surface area contributed by atoms with Crippen molar-refractivity contribution in [1.29, 1.82) is 0 Å². The van der Waals surface area contributed by atoms with Gasteiger partial charge in [0.2, 0.25) is 5.75 Å². The minimum Gasteiger partial charge on any atom is -0.493 e. The number of rotatable bonds is 8. The fraction of sp³-hybridized carbons (Fsp3) is 0.207. The van der Waals surface area contributed by atoms with E-state index in [9.17, 15) is 9.59 Å². The predicted molar refractivity (Wildman–Crippen MR) is 151 cm³/mol. The second kappa shape index (κ2) is 10.8. The standard InChI is InChI=1S/C29H26ClN3O7/c1-15-24-26(32-40-15)25-20(30)10-7-11-21(25)33(29(24)35)18-8-6-9-19(14-18)39-16(2)31-28(34)17-12-22(36-3)27(38-5)23(13-17)37-4/h6-14,16H,1-5H3,(H,31,34). The number of nitrogens with one attached hydrogen (secondary N) is 1. The van der Waals surface area contributed by atoms with E-state index < -0.39 is 12.1 Å². The van der Waals surface area contributed by atoms with Crippen molar-refractivity contribution in [1.82, 2.24) is 15.0 Å². The summed E-state index contributed by atoms with van der Waals surface area (Å²) in [6.07, 6.45) is -0.729. The van der Waals surface area contributed by atoms with Gasteiger partial charge in [-0.15, -0.1) is 0 Å². The normalized spacial score (nSPS) is 11.8. The average molecular weight is 564 g/mol. The van der Waals surface area contributed by atoms with Gasteiger partial charge in [0.15, 0.2) is 17.7 Å². The van der Waals surface area contributed by atoms with Gasteiger partial charge in [0, 0.05) is 17.0 Å². The van der Waals surface area contributed by atoms with Crippen molar-refractivity contribution >= 4 is 39.3 Å². The lowest BCUT2D eigenvalue weighted by molar-refractivity contribution is 0.0851. The maximum absolute atomic E-state index is 13.6. The highest BCUT2D eigenvalue weighted by Crippen LogP contribution is 2.38. The Balaban J connectivity index is 1.46. The van der Waals surface area contributed by atoms with E-state index in [1.54, 1.807) is 73.0 Å². The van der Waals surface area contributed by atoms with Crippen molar-refractivity contribution in [3.05, 3.63) is 81.3 Å². The molecule has 0 aliphatic heterocycles. The van der Waals surface area contributed by atoms with Gasteiger partial charge >= 0.3 is 0 Å². The van der Waals surface area contributed by atoms with Gasteiger partial charge in [-0.1, -0.05) is 28.9 Å². The van der Waals surface area contributed by atoms with Gasteiger partial charge in [-0.05, 0) is 50.2 Å². The molecule has 40 heavy (non-hydrogen) atoms. The quantitative estimate of drug-likeness (QED) is 0.254. The fourth-order valence-electron chi connectivity index (χ4n) is 4.62. The van der Waals surface area contributed by atoms with Gasteiger partial charge in [0.25, 0.3) is 11.5 Å². The Morgan fingerprint density at radius 2 is 1.70 bits per heavy atom. The number of amides is 1. The van der Waals surface area contributed by atoms with E-state index in [4.69, 9.17) is 35.1 Å². The zero-order valence-electron chi connectivity index (χ0n) is 22.4. The first-order chi connectivity index (χ1) is 19.3. The van der Waals surface area contributed by atoms with Crippen LogP contribution in [0.4, 0.5) is 0 Å². The number of benzene rings is 3. The second-order valence-electron chi connectivity index (χ2n) is 8.88. The van der Waals surface area contributed by atoms with Gasteiger partial charge in [-0.25, -0.2) is 0 Å². The minimum atomic E-state index is -0.729. The smallest absolute Gasteiger partial charge is 0.268 e. The van der Waals surface area contributed by atoms with E-state index in [1.807, 2.05) is 0 Å². The molecule has 1 atom stereocenters. The zero-order chi connectivity index (χ0) is 28.6. The second-order valence-corrected chi connectivity index (χ2v) is 9.29. The van der Waals surface area contributed by atoms with Crippen molar-refractivity contribution in [3.8, 4) is 28.7 Å². The first-order valence-corrected chi connectivity index (χ1v) is 12.6. The number of ether oxygens (including phenoxy) is 4.